The van der Waals surface area contributed by atoms with Gasteiger partial charge in [-0.15, -0.1) is 0 Å². The van der Waals surface area contributed by atoms with Gasteiger partial charge in [0.25, 0.3) is 0 Å². The summed E-state index contributed by atoms with van der Waals surface area (Å²) < 4.78 is 0. The quantitative estimate of drug-likeness (QED) is 0.163. The van der Waals surface area contributed by atoms with Gasteiger partial charge in [-0.05, 0) is 70.0 Å². The van der Waals surface area contributed by atoms with E-state index in [9.17, 15) is 10.2 Å². The molecule has 0 radical (unpaired) electrons. The number of allylic oxidation sites excluding steroid dienone is 4. The molecular weight excluding hydrogens is 419 g/mol. The Bertz CT molecular complexity index is 494. The first-order valence-electron chi connectivity index (χ1n) is 11.5. The van der Waals surface area contributed by atoms with Crippen LogP contribution in [0.1, 0.15) is 71.6 Å². The maximum atomic E-state index is 9.46. The van der Waals surface area contributed by atoms with Gasteiger partial charge in [-0.25, -0.2) is 0 Å². The minimum atomic E-state index is -0.198. The predicted octanol–water partition coefficient (Wildman–Crippen LogP) is 5.58. The average Bonchev–Trinajstić information content (AvgIpc) is 2.68. The summed E-state index contributed by atoms with van der Waals surface area (Å²) in [6.07, 6.45) is 13.9. The fourth-order valence-corrected chi connectivity index (χ4v) is 3.74. The fourth-order valence-electron chi connectivity index (χ4n) is 3.28. The number of halogens is 2. The second kappa shape index (κ2) is 20.5. The Morgan fingerprint density at radius 1 is 1.00 bits per heavy atom. The van der Waals surface area contributed by atoms with Crippen LogP contribution in [0.15, 0.2) is 34.4 Å². The van der Waals surface area contributed by atoms with Crippen LogP contribution in [0.2, 0.25) is 0 Å². The van der Waals surface area contributed by atoms with Crippen LogP contribution < -0.4 is 5.32 Å². The summed E-state index contributed by atoms with van der Waals surface area (Å²) in [5.74, 6) is 0. The lowest BCUT2D eigenvalue weighted by atomic mass is 10.1. The number of unbranched alkanes of at least 4 members (excludes halogenated alkanes) is 6. The summed E-state index contributed by atoms with van der Waals surface area (Å²) >= 11 is 11.7. The summed E-state index contributed by atoms with van der Waals surface area (Å²) in [6.45, 7) is 12.5. The summed E-state index contributed by atoms with van der Waals surface area (Å²) in [7, 11) is 0. The molecule has 0 aliphatic heterocycles. The largest absolute Gasteiger partial charge is 0.393 e. The number of aliphatic hydroxyl groups excluding tert-OH is 2. The maximum absolute atomic E-state index is 9.46. The SMILES string of the molecule is C=C(Cl)C=C(Cl)C=C(CO)CNCCCCCCCCCN(CCC)CCC(C)O. The number of nitrogens with zero attached hydrogens (tertiary/aromatic N) is 1. The van der Waals surface area contributed by atoms with Crippen molar-refractivity contribution in [1.82, 2.24) is 10.2 Å². The molecule has 0 aromatic heterocycles. The van der Waals surface area contributed by atoms with Crippen LogP contribution in [-0.2, 0) is 0 Å². The van der Waals surface area contributed by atoms with Crippen molar-refractivity contribution in [1.29, 1.82) is 0 Å². The van der Waals surface area contributed by atoms with E-state index in [4.69, 9.17) is 23.2 Å². The smallest absolute Gasteiger partial charge is 0.0657 e. The van der Waals surface area contributed by atoms with E-state index >= 15 is 0 Å². The molecule has 0 saturated carbocycles. The summed E-state index contributed by atoms with van der Waals surface area (Å²) in [6, 6.07) is 0. The Hall–Kier alpha value is -0.360. The highest BCUT2D eigenvalue weighted by Crippen LogP contribution is 2.12. The van der Waals surface area contributed by atoms with Gasteiger partial charge < -0.3 is 20.4 Å². The van der Waals surface area contributed by atoms with Crippen molar-refractivity contribution >= 4 is 23.2 Å². The molecule has 0 bridgehead atoms. The van der Waals surface area contributed by atoms with Crippen LogP contribution in [0.4, 0.5) is 0 Å². The monoisotopic (exact) mass is 462 g/mol. The second-order valence-electron chi connectivity index (χ2n) is 8.07. The van der Waals surface area contributed by atoms with Crippen molar-refractivity contribution in [3.05, 3.63) is 34.4 Å². The van der Waals surface area contributed by atoms with Crippen molar-refractivity contribution < 1.29 is 10.2 Å². The van der Waals surface area contributed by atoms with Crippen molar-refractivity contribution in [2.45, 2.75) is 77.7 Å². The molecule has 1 atom stereocenters. The number of hydrogen-bond acceptors (Lipinski definition) is 4. The van der Waals surface area contributed by atoms with E-state index in [0.717, 1.165) is 44.6 Å². The minimum absolute atomic E-state index is 0.0272. The van der Waals surface area contributed by atoms with Gasteiger partial charge in [0.2, 0.25) is 0 Å². The molecule has 0 amide bonds. The molecule has 6 heteroatoms. The molecular formula is C24H44Cl2N2O2. The molecule has 0 aliphatic rings. The lowest BCUT2D eigenvalue weighted by Gasteiger charge is -2.22. The van der Waals surface area contributed by atoms with Crippen molar-refractivity contribution in [3.63, 3.8) is 0 Å². The number of hydrogen-bond donors (Lipinski definition) is 3. The highest BCUT2D eigenvalue weighted by molar-refractivity contribution is 6.35. The van der Waals surface area contributed by atoms with Gasteiger partial charge in [-0.1, -0.05) is 68.8 Å². The van der Waals surface area contributed by atoms with E-state index in [2.05, 4.69) is 23.7 Å². The zero-order valence-electron chi connectivity index (χ0n) is 19.1. The number of rotatable bonds is 20. The maximum Gasteiger partial charge on any atom is 0.0657 e. The van der Waals surface area contributed by atoms with Gasteiger partial charge in [-0.2, -0.15) is 0 Å². The normalized spacial score (nSPS) is 13.8. The molecule has 0 heterocycles. The van der Waals surface area contributed by atoms with Crippen molar-refractivity contribution in [2.75, 3.05) is 39.3 Å². The number of nitrogens with one attached hydrogen (secondary N) is 1. The number of aliphatic hydroxyl groups is 2. The van der Waals surface area contributed by atoms with Gasteiger partial charge in [0, 0.05) is 23.2 Å². The van der Waals surface area contributed by atoms with Crippen LogP contribution in [0, 0.1) is 0 Å². The molecule has 1 unspecified atom stereocenters. The van der Waals surface area contributed by atoms with Gasteiger partial charge in [0.1, 0.15) is 0 Å². The molecule has 0 aliphatic carbocycles. The fraction of sp³-hybridized carbons (Fsp3) is 0.750. The average molecular weight is 464 g/mol. The zero-order chi connectivity index (χ0) is 22.6. The molecule has 0 aromatic carbocycles. The van der Waals surface area contributed by atoms with Crippen molar-refractivity contribution in [2.24, 2.45) is 0 Å². The molecule has 176 valence electrons. The first-order chi connectivity index (χ1) is 14.4. The third kappa shape index (κ3) is 19.6. The Kier molecular flexibility index (Phi) is 20.3. The summed E-state index contributed by atoms with van der Waals surface area (Å²) in [5, 5.41) is 23.1. The zero-order valence-corrected chi connectivity index (χ0v) is 20.7. The van der Waals surface area contributed by atoms with E-state index in [0.29, 0.717) is 16.6 Å². The Balaban J connectivity index is 3.69. The van der Waals surface area contributed by atoms with Crippen LogP contribution >= 0.6 is 23.2 Å². The van der Waals surface area contributed by atoms with Crippen LogP contribution in [0.5, 0.6) is 0 Å². The first kappa shape index (κ1) is 29.6. The molecule has 30 heavy (non-hydrogen) atoms. The van der Waals surface area contributed by atoms with E-state index in [1.54, 1.807) is 12.2 Å². The molecule has 4 nitrogen and oxygen atoms in total. The molecule has 0 spiro atoms. The molecule has 3 N–H and O–H groups in total. The van der Waals surface area contributed by atoms with Gasteiger partial charge in [0.15, 0.2) is 0 Å². The van der Waals surface area contributed by atoms with Crippen LogP contribution in [0.3, 0.4) is 0 Å². The first-order valence-corrected chi connectivity index (χ1v) is 12.3. The highest BCUT2D eigenvalue weighted by atomic mass is 35.5. The Labute approximate surface area is 195 Å². The Morgan fingerprint density at radius 2 is 1.63 bits per heavy atom. The topological polar surface area (TPSA) is 55.7 Å². The van der Waals surface area contributed by atoms with Gasteiger partial charge in [-0.3, -0.25) is 0 Å². The minimum Gasteiger partial charge on any atom is -0.393 e. The molecule has 0 saturated heterocycles. The van der Waals surface area contributed by atoms with E-state index in [1.807, 2.05) is 6.92 Å². The van der Waals surface area contributed by atoms with Crippen LogP contribution in [-0.4, -0.2) is 60.5 Å². The second-order valence-corrected chi connectivity index (χ2v) is 8.99. The summed E-state index contributed by atoms with van der Waals surface area (Å²) in [4.78, 5) is 2.49. The van der Waals surface area contributed by atoms with Crippen molar-refractivity contribution in [3.8, 4) is 0 Å². The lowest BCUT2D eigenvalue weighted by Crippen LogP contribution is -2.28. The standard InChI is InChI=1S/C24H44Cl2N2O2/c1-4-14-28(16-12-22(3)30)15-11-9-7-5-6-8-10-13-27-19-23(20-29)18-24(26)17-21(2)25/h17-18,22,27,29-30H,2,4-16,19-20H2,1,3H3. The third-order valence-corrected chi connectivity index (χ3v) is 5.25. The lowest BCUT2D eigenvalue weighted by molar-refractivity contribution is 0.155. The Morgan fingerprint density at radius 3 is 2.20 bits per heavy atom. The third-order valence-electron chi connectivity index (χ3n) is 4.92. The van der Waals surface area contributed by atoms with E-state index < -0.39 is 0 Å². The predicted molar refractivity (Wildman–Crippen MR) is 132 cm³/mol. The van der Waals surface area contributed by atoms with E-state index in [-0.39, 0.29) is 12.7 Å². The van der Waals surface area contributed by atoms with E-state index in [1.165, 1.54) is 44.9 Å². The highest BCUT2D eigenvalue weighted by Gasteiger charge is 2.05. The van der Waals surface area contributed by atoms with Crippen LogP contribution in [0.25, 0.3) is 0 Å². The van der Waals surface area contributed by atoms with Gasteiger partial charge >= 0.3 is 0 Å². The molecule has 0 aromatic rings. The summed E-state index contributed by atoms with van der Waals surface area (Å²) in [5.41, 5.74) is 0.833. The molecule has 0 fully saturated rings. The molecule has 0 rings (SSSR count). The van der Waals surface area contributed by atoms with Gasteiger partial charge in [0.05, 0.1) is 12.7 Å².